The molecule has 1 aliphatic heterocycles. The molecule has 1 saturated heterocycles. The Labute approximate surface area is 115 Å². The van der Waals surface area contributed by atoms with Crippen LogP contribution in [0.1, 0.15) is 40.9 Å². The topological polar surface area (TPSA) is 99.7 Å². The van der Waals surface area contributed by atoms with E-state index in [9.17, 15) is 15.0 Å². The summed E-state index contributed by atoms with van der Waals surface area (Å²) in [7, 11) is 0. The Morgan fingerprint density at radius 1 is 1.63 bits per heavy atom. The van der Waals surface area contributed by atoms with Crippen molar-refractivity contribution in [2.45, 2.75) is 44.9 Å². The first kappa shape index (κ1) is 14.2. The molecule has 7 heteroatoms. The number of aliphatic hydroxyl groups is 1. The summed E-state index contributed by atoms with van der Waals surface area (Å²) in [6.45, 7) is 2.31. The Morgan fingerprint density at radius 2 is 2.37 bits per heavy atom. The van der Waals surface area contributed by atoms with Crippen LogP contribution in [0, 0.1) is 6.92 Å². The van der Waals surface area contributed by atoms with Crippen molar-refractivity contribution < 1.29 is 15.0 Å². The van der Waals surface area contributed by atoms with Crippen LogP contribution in [0.3, 0.4) is 0 Å². The molecule has 106 valence electrons. The van der Waals surface area contributed by atoms with E-state index in [2.05, 4.69) is 4.98 Å². The van der Waals surface area contributed by atoms with Crippen LogP contribution in [0.15, 0.2) is 0 Å². The summed E-state index contributed by atoms with van der Waals surface area (Å²) in [5, 5.41) is 19.1. The summed E-state index contributed by atoms with van der Waals surface area (Å²) < 4.78 is 0. The first-order valence-corrected chi connectivity index (χ1v) is 7.18. The average molecular weight is 285 g/mol. The number of hydrogen-bond acceptors (Lipinski definition) is 5. The molecule has 6 nitrogen and oxygen atoms in total. The van der Waals surface area contributed by atoms with Gasteiger partial charge in [0.15, 0.2) is 0 Å². The highest BCUT2D eigenvalue weighted by Crippen LogP contribution is 2.30. The van der Waals surface area contributed by atoms with Gasteiger partial charge in [0.1, 0.15) is 5.01 Å². The predicted octanol–water partition coefficient (Wildman–Crippen LogP) is 1.48. The van der Waals surface area contributed by atoms with Gasteiger partial charge in [-0.05, 0) is 26.2 Å². The Bertz CT molecular complexity index is 463. The van der Waals surface area contributed by atoms with E-state index in [0.29, 0.717) is 11.6 Å². The summed E-state index contributed by atoms with van der Waals surface area (Å²) in [5.74, 6) is 0. The second-order valence-electron chi connectivity index (χ2n) is 4.78. The molecule has 0 radical (unpaired) electrons. The van der Waals surface area contributed by atoms with Gasteiger partial charge in [-0.2, -0.15) is 0 Å². The number of aryl methyl sites for hydroxylation is 1. The van der Waals surface area contributed by atoms with Crippen LogP contribution >= 0.6 is 11.3 Å². The van der Waals surface area contributed by atoms with Gasteiger partial charge in [0.2, 0.25) is 0 Å². The van der Waals surface area contributed by atoms with E-state index in [4.69, 9.17) is 5.73 Å². The van der Waals surface area contributed by atoms with Crippen molar-refractivity contribution in [3.63, 3.8) is 0 Å². The highest BCUT2D eigenvalue weighted by molar-refractivity contribution is 7.11. The lowest BCUT2D eigenvalue weighted by molar-refractivity contribution is 0.0966. The monoisotopic (exact) mass is 285 g/mol. The number of nitrogens with two attached hydrogens (primary N) is 1. The molecular weight excluding hydrogens is 266 g/mol. The van der Waals surface area contributed by atoms with Crippen molar-refractivity contribution in [2.75, 3.05) is 6.54 Å². The molecular formula is C12H19N3O3S. The molecule has 19 heavy (non-hydrogen) atoms. The number of aliphatic hydroxyl groups excluding tert-OH is 1. The Kier molecular flexibility index (Phi) is 4.38. The predicted molar refractivity (Wildman–Crippen MR) is 72.1 cm³/mol. The Balaban J connectivity index is 2.20. The van der Waals surface area contributed by atoms with Gasteiger partial charge < -0.3 is 20.8 Å². The van der Waals surface area contributed by atoms with E-state index in [1.807, 2.05) is 6.92 Å². The number of likely N-dealkylation sites (tertiary alicyclic amines) is 1. The van der Waals surface area contributed by atoms with Crippen molar-refractivity contribution in [1.82, 2.24) is 9.88 Å². The standard InChI is InChI=1S/C12H19N3O3S/c1-7-9(6-16)19-11(14-7)10(13)8-4-2-3-5-15(8)12(17)18/h8,10,16H,2-6,13H2,1H3,(H,17,18). The maximum absolute atomic E-state index is 11.2. The minimum atomic E-state index is -0.921. The molecule has 4 N–H and O–H groups in total. The number of thiazole rings is 1. The number of amides is 1. The van der Waals surface area contributed by atoms with Crippen LogP contribution in [-0.4, -0.2) is 38.8 Å². The molecule has 1 amide bonds. The van der Waals surface area contributed by atoms with Crippen LogP contribution < -0.4 is 5.73 Å². The summed E-state index contributed by atoms with van der Waals surface area (Å²) in [4.78, 5) is 17.8. The highest BCUT2D eigenvalue weighted by Gasteiger charge is 2.33. The van der Waals surface area contributed by atoms with Crippen molar-refractivity contribution >= 4 is 17.4 Å². The third kappa shape index (κ3) is 2.88. The minimum absolute atomic E-state index is 0.0521. The minimum Gasteiger partial charge on any atom is -0.465 e. The smallest absolute Gasteiger partial charge is 0.407 e. The van der Waals surface area contributed by atoms with Gasteiger partial charge >= 0.3 is 6.09 Å². The highest BCUT2D eigenvalue weighted by atomic mass is 32.1. The van der Waals surface area contributed by atoms with E-state index >= 15 is 0 Å². The van der Waals surface area contributed by atoms with E-state index in [1.165, 1.54) is 16.2 Å². The molecule has 2 rings (SSSR count). The number of nitrogens with zero attached hydrogens (tertiary/aromatic N) is 2. The third-order valence-corrected chi connectivity index (χ3v) is 4.79. The SMILES string of the molecule is Cc1nc(C(N)C2CCCCN2C(=O)O)sc1CO. The van der Waals surface area contributed by atoms with Gasteiger partial charge in [0, 0.05) is 6.54 Å². The Morgan fingerprint density at radius 3 is 2.95 bits per heavy atom. The van der Waals surface area contributed by atoms with Crippen molar-refractivity contribution in [3.8, 4) is 0 Å². The quantitative estimate of drug-likeness (QED) is 0.781. The first-order chi connectivity index (χ1) is 9.04. The van der Waals surface area contributed by atoms with Gasteiger partial charge in [-0.15, -0.1) is 11.3 Å². The van der Waals surface area contributed by atoms with Crippen LogP contribution in [0.4, 0.5) is 4.79 Å². The maximum atomic E-state index is 11.2. The second-order valence-corrected chi connectivity index (χ2v) is 5.90. The lowest BCUT2D eigenvalue weighted by Crippen LogP contribution is -2.48. The summed E-state index contributed by atoms with van der Waals surface area (Å²) in [6, 6.07) is -0.635. The number of rotatable bonds is 3. The summed E-state index contributed by atoms with van der Waals surface area (Å²) >= 11 is 1.37. The fourth-order valence-corrected chi connectivity index (χ4v) is 3.46. The zero-order valence-electron chi connectivity index (χ0n) is 10.9. The molecule has 0 bridgehead atoms. The Hall–Kier alpha value is -1.18. The van der Waals surface area contributed by atoms with E-state index < -0.39 is 12.1 Å². The second kappa shape index (κ2) is 5.85. The van der Waals surface area contributed by atoms with Crippen LogP contribution in [0.25, 0.3) is 0 Å². The molecule has 0 aliphatic carbocycles. The summed E-state index contributed by atoms with van der Waals surface area (Å²) in [5.41, 5.74) is 6.97. The van der Waals surface area contributed by atoms with Gasteiger partial charge in [0.05, 0.1) is 29.3 Å². The third-order valence-electron chi connectivity index (χ3n) is 3.55. The number of carboxylic acid groups (broad SMARTS) is 1. The van der Waals surface area contributed by atoms with Gasteiger partial charge in [-0.3, -0.25) is 0 Å². The van der Waals surface area contributed by atoms with E-state index in [-0.39, 0.29) is 12.6 Å². The number of carbonyl (C=O) groups is 1. The number of aromatic nitrogens is 1. The zero-order valence-corrected chi connectivity index (χ0v) is 11.7. The average Bonchev–Trinajstić information content (AvgIpc) is 2.79. The van der Waals surface area contributed by atoms with Gasteiger partial charge in [-0.1, -0.05) is 0 Å². The van der Waals surface area contributed by atoms with E-state index in [1.54, 1.807) is 0 Å². The fraction of sp³-hybridized carbons (Fsp3) is 0.667. The summed E-state index contributed by atoms with van der Waals surface area (Å²) in [6.07, 6.45) is 1.71. The van der Waals surface area contributed by atoms with Crippen molar-refractivity contribution in [3.05, 3.63) is 15.6 Å². The van der Waals surface area contributed by atoms with Crippen LogP contribution in [0.2, 0.25) is 0 Å². The van der Waals surface area contributed by atoms with Crippen LogP contribution in [0.5, 0.6) is 0 Å². The number of hydrogen-bond donors (Lipinski definition) is 3. The lowest BCUT2D eigenvalue weighted by Gasteiger charge is -2.36. The maximum Gasteiger partial charge on any atom is 0.407 e. The molecule has 1 fully saturated rings. The molecule has 0 aromatic carbocycles. The normalized spacial score (nSPS) is 21.4. The van der Waals surface area contributed by atoms with E-state index in [0.717, 1.165) is 29.8 Å². The van der Waals surface area contributed by atoms with Crippen molar-refractivity contribution in [1.29, 1.82) is 0 Å². The molecule has 1 aromatic rings. The lowest BCUT2D eigenvalue weighted by atomic mass is 9.97. The van der Waals surface area contributed by atoms with Crippen LogP contribution in [-0.2, 0) is 6.61 Å². The molecule has 1 aromatic heterocycles. The van der Waals surface area contributed by atoms with Gasteiger partial charge in [-0.25, -0.2) is 9.78 Å². The molecule has 2 atom stereocenters. The van der Waals surface area contributed by atoms with Crippen molar-refractivity contribution in [2.24, 2.45) is 5.73 Å². The largest absolute Gasteiger partial charge is 0.465 e. The van der Waals surface area contributed by atoms with Gasteiger partial charge in [0.25, 0.3) is 0 Å². The number of piperidine rings is 1. The first-order valence-electron chi connectivity index (χ1n) is 6.36. The molecule has 0 saturated carbocycles. The molecule has 2 unspecified atom stereocenters. The molecule has 1 aliphatic rings. The zero-order chi connectivity index (χ0) is 14.0. The fourth-order valence-electron chi connectivity index (χ4n) is 2.47. The molecule has 2 heterocycles. The molecule has 0 spiro atoms.